The zero-order valence-electron chi connectivity index (χ0n) is 13.7. The molecule has 0 spiro atoms. The minimum absolute atomic E-state index is 0.173. The smallest absolute Gasteiger partial charge is 0.242 e. The summed E-state index contributed by atoms with van der Waals surface area (Å²) < 4.78 is 25.4. The number of rotatable bonds is 5. The number of hydrogen-bond donors (Lipinski definition) is 4. The van der Waals surface area contributed by atoms with Crippen LogP contribution in [-0.2, 0) is 10.0 Å². The first kappa shape index (κ1) is 20.3. The maximum Gasteiger partial charge on any atom is 0.242 e. The molecule has 4 N–H and O–H groups in total. The van der Waals surface area contributed by atoms with E-state index in [1.54, 1.807) is 12.1 Å². The summed E-state index contributed by atoms with van der Waals surface area (Å²) in [6.45, 7) is 6.19. The van der Waals surface area contributed by atoms with Crippen molar-refractivity contribution in [1.29, 1.82) is 0 Å². The van der Waals surface area contributed by atoms with Crippen molar-refractivity contribution >= 4 is 50.4 Å². The predicted molar refractivity (Wildman–Crippen MR) is 105 cm³/mol. The monoisotopic (exact) mass is 387 g/mol. The zero-order chi connectivity index (χ0) is 18.3. The number of hydrogen-bond acceptors (Lipinski definition) is 4. The van der Waals surface area contributed by atoms with Gasteiger partial charge in [-0.25, -0.2) is 12.7 Å². The van der Waals surface area contributed by atoms with E-state index >= 15 is 0 Å². The van der Waals surface area contributed by atoms with Gasteiger partial charge in [0.15, 0.2) is 10.2 Å². The summed E-state index contributed by atoms with van der Waals surface area (Å²) in [7, 11) is -0.548. The molecular weight excluding hydrogens is 366 g/mol. The molecule has 0 saturated heterocycles. The molecule has 132 valence electrons. The highest BCUT2D eigenvalue weighted by Gasteiger charge is 2.17. The SMILES string of the molecule is C=C(C)CNC(=S)NNC(=S)Nc1cccc(S(=O)(=O)N(C)C)c1. The summed E-state index contributed by atoms with van der Waals surface area (Å²) in [4.78, 5) is 0.173. The third kappa shape index (κ3) is 6.40. The Morgan fingerprint density at radius 1 is 1.21 bits per heavy atom. The van der Waals surface area contributed by atoms with Gasteiger partial charge in [0, 0.05) is 26.3 Å². The third-order valence-corrected chi connectivity index (χ3v) is 4.97. The van der Waals surface area contributed by atoms with Gasteiger partial charge >= 0.3 is 0 Å². The minimum Gasteiger partial charge on any atom is -0.358 e. The van der Waals surface area contributed by atoms with Crippen LogP contribution in [0, 0.1) is 0 Å². The zero-order valence-corrected chi connectivity index (χ0v) is 16.2. The largest absolute Gasteiger partial charge is 0.358 e. The Hall–Kier alpha value is -1.75. The number of anilines is 1. The van der Waals surface area contributed by atoms with Gasteiger partial charge in [0.25, 0.3) is 0 Å². The van der Waals surface area contributed by atoms with Crippen LogP contribution < -0.4 is 21.5 Å². The van der Waals surface area contributed by atoms with Crippen LogP contribution in [0.1, 0.15) is 6.92 Å². The summed E-state index contributed by atoms with van der Waals surface area (Å²) in [6.07, 6.45) is 0. The molecule has 0 saturated carbocycles. The highest BCUT2D eigenvalue weighted by molar-refractivity contribution is 7.89. The molecule has 0 heterocycles. The second kappa shape index (κ2) is 8.92. The molecule has 0 amide bonds. The summed E-state index contributed by atoms with van der Waals surface area (Å²) in [6, 6.07) is 6.36. The molecule has 0 aromatic heterocycles. The van der Waals surface area contributed by atoms with Crippen LogP contribution in [0.25, 0.3) is 0 Å². The highest BCUT2D eigenvalue weighted by Crippen LogP contribution is 2.17. The maximum atomic E-state index is 12.1. The summed E-state index contributed by atoms with van der Waals surface area (Å²) >= 11 is 10.2. The second-order valence-corrected chi connectivity index (χ2v) is 8.13. The van der Waals surface area contributed by atoms with Crippen molar-refractivity contribution in [3.8, 4) is 0 Å². The van der Waals surface area contributed by atoms with Gasteiger partial charge in [-0.2, -0.15) is 0 Å². The maximum absolute atomic E-state index is 12.1. The van der Waals surface area contributed by atoms with Gasteiger partial charge in [0.2, 0.25) is 10.0 Å². The number of nitrogens with one attached hydrogen (secondary N) is 4. The number of nitrogens with zero attached hydrogens (tertiary/aromatic N) is 1. The fraction of sp³-hybridized carbons (Fsp3) is 0.286. The van der Waals surface area contributed by atoms with E-state index in [-0.39, 0.29) is 10.0 Å². The number of hydrazine groups is 1. The van der Waals surface area contributed by atoms with Gasteiger partial charge in [0.1, 0.15) is 0 Å². The molecule has 1 rings (SSSR count). The first-order chi connectivity index (χ1) is 11.1. The quantitative estimate of drug-likeness (QED) is 0.340. The van der Waals surface area contributed by atoms with E-state index < -0.39 is 10.0 Å². The molecule has 0 aliphatic carbocycles. The van der Waals surface area contributed by atoms with E-state index in [0.29, 0.717) is 17.3 Å². The lowest BCUT2D eigenvalue weighted by atomic mass is 10.3. The average Bonchev–Trinajstić information content (AvgIpc) is 2.51. The second-order valence-electron chi connectivity index (χ2n) is 5.16. The molecule has 1 aromatic carbocycles. The lowest BCUT2D eigenvalue weighted by Gasteiger charge is -2.15. The fourth-order valence-corrected chi connectivity index (χ4v) is 2.74. The molecule has 0 aliphatic heterocycles. The first-order valence-corrected chi connectivity index (χ1v) is 9.16. The fourth-order valence-electron chi connectivity index (χ4n) is 1.50. The normalized spacial score (nSPS) is 10.8. The molecule has 0 unspecified atom stereocenters. The van der Waals surface area contributed by atoms with E-state index in [0.717, 1.165) is 9.88 Å². The topological polar surface area (TPSA) is 85.5 Å². The molecule has 10 heteroatoms. The number of thiocarbonyl (C=S) groups is 2. The van der Waals surface area contributed by atoms with Crippen molar-refractivity contribution in [3.05, 3.63) is 36.4 Å². The first-order valence-electron chi connectivity index (χ1n) is 6.90. The van der Waals surface area contributed by atoms with Gasteiger partial charge in [-0.1, -0.05) is 18.2 Å². The molecule has 0 atom stereocenters. The Morgan fingerprint density at radius 3 is 2.42 bits per heavy atom. The highest BCUT2D eigenvalue weighted by atomic mass is 32.2. The van der Waals surface area contributed by atoms with Crippen molar-refractivity contribution in [3.63, 3.8) is 0 Å². The Labute approximate surface area is 153 Å². The van der Waals surface area contributed by atoms with Crippen LogP contribution in [0.4, 0.5) is 5.69 Å². The van der Waals surface area contributed by atoms with Crippen LogP contribution >= 0.6 is 24.4 Å². The molecule has 24 heavy (non-hydrogen) atoms. The van der Waals surface area contributed by atoms with Crippen LogP contribution in [0.5, 0.6) is 0 Å². The Kier molecular flexibility index (Phi) is 7.55. The Balaban J connectivity index is 2.62. The minimum atomic E-state index is -3.50. The molecule has 0 fully saturated rings. The molecular formula is C14H21N5O2S3. The Morgan fingerprint density at radius 2 is 1.83 bits per heavy atom. The van der Waals surface area contributed by atoms with E-state index in [4.69, 9.17) is 24.4 Å². The molecule has 0 aliphatic rings. The van der Waals surface area contributed by atoms with Gasteiger partial charge in [0.05, 0.1) is 4.90 Å². The third-order valence-electron chi connectivity index (χ3n) is 2.71. The predicted octanol–water partition coefficient (Wildman–Crippen LogP) is 1.18. The molecule has 0 radical (unpaired) electrons. The average molecular weight is 388 g/mol. The van der Waals surface area contributed by atoms with Crippen molar-refractivity contribution in [2.24, 2.45) is 0 Å². The van der Waals surface area contributed by atoms with Crippen LogP contribution in [0.15, 0.2) is 41.3 Å². The van der Waals surface area contributed by atoms with Crippen molar-refractivity contribution < 1.29 is 8.42 Å². The van der Waals surface area contributed by atoms with E-state index in [1.165, 1.54) is 26.2 Å². The van der Waals surface area contributed by atoms with Gasteiger partial charge < -0.3 is 10.6 Å². The van der Waals surface area contributed by atoms with Crippen molar-refractivity contribution in [1.82, 2.24) is 20.5 Å². The van der Waals surface area contributed by atoms with Gasteiger partial charge in [-0.15, -0.1) is 0 Å². The van der Waals surface area contributed by atoms with Gasteiger partial charge in [-0.05, 0) is 49.6 Å². The summed E-state index contributed by atoms with van der Waals surface area (Å²) in [5, 5.41) is 6.42. The van der Waals surface area contributed by atoms with Crippen molar-refractivity contribution in [2.75, 3.05) is 26.0 Å². The molecule has 0 bridgehead atoms. The van der Waals surface area contributed by atoms with Crippen LogP contribution in [0.3, 0.4) is 0 Å². The van der Waals surface area contributed by atoms with E-state index in [9.17, 15) is 8.42 Å². The summed E-state index contributed by atoms with van der Waals surface area (Å²) in [5.74, 6) is 0. The summed E-state index contributed by atoms with van der Waals surface area (Å²) in [5.41, 5.74) is 6.92. The van der Waals surface area contributed by atoms with Gasteiger partial charge in [-0.3, -0.25) is 10.9 Å². The van der Waals surface area contributed by atoms with Crippen LogP contribution in [-0.4, -0.2) is 43.6 Å². The lowest BCUT2D eigenvalue weighted by molar-refractivity contribution is 0.521. The standard InChI is InChI=1S/C14H21N5O2S3/c1-10(2)9-15-13(22)17-18-14(23)16-11-6-5-7-12(8-11)24(20,21)19(3)4/h5-8H,1,9H2,2-4H3,(H2,15,17,22)(H2,16,18,23). The van der Waals surface area contributed by atoms with E-state index in [2.05, 4.69) is 28.1 Å². The molecule has 7 nitrogen and oxygen atoms in total. The number of sulfonamides is 1. The lowest BCUT2D eigenvalue weighted by Crippen LogP contribution is -2.48. The molecule has 1 aromatic rings. The Bertz CT molecular complexity index is 732. The van der Waals surface area contributed by atoms with Crippen LogP contribution in [0.2, 0.25) is 0 Å². The van der Waals surface area contributed by atoms with Crippen molar-refractivity contribution in [2.45, 2.75) is 11.8 Å². The van der Waals surface area contributed by atoms with E-state index in [1.807, 2.05) is 6.92 Å². The number of benzene rings is 1.